The summed E-state index contributed by atoms with van der Waals surface area (Å²) in [6.45, 7) is 4.29. The van der Waals surface area contributed by atoms with Crippen molar-refractivity contribution in [2.45, 2.75) is 13.5 Å². The summed E-state index contributed by atoms with van der Waals surface area (Å²) in [4.78, 5) is 14.2. The van der Waals surface area contributed by atoms with Gasteiger partial charge in [0, 0.05) is 44.0 Å². The van der Waals surface area contributed by atoms with E-state index in [0.29, 0.717) is 43.0 Å². The Morgan fingerprint density at radius 3 is 2.32 bits per heavy atom. The van der Waals surface area contributed by atoms with Gasteiger partial charge in [0.15, 0.2) is 0 Å². The topological polar surface area (TPSA) is 56.6 Å². The van der Waals surface area contributed by atoms with E-state index in [1.165, 1.54) is 6.08 Å². The van der Waals surface area contributed by atoms with Crippen LogP contribution in [0, 0.1) is 6.92 Å². The molecule has 1 aromatic carbocycles. The third-order valence-corrected chi connectivity index (χ3v) is 4.84. The standard InChI is InChI=1S/C20H25Cl2N3O3/c1-15-18(8-9-19(26)24(10-12-27-2)11-13-28-3)20(22)25(23-15)14-16-4-6-17(21)7-5-16/h4-9H,10-14H2,1-3H3/b9-8+. The van der Waals surface area contributed by atoms with Gasteiger partial charge in [-0.05, 0) is 30.7 Å². The minimum atomic E-state index is -0.130. The summed E-state index contributed by atoms with van der Waals surface area (Å²) in [6.07, 6.45) is 3.21. The highest BCUT2D eigenvalue weighted by atomic mass is 35.5. The van der Waals surface area contributed by atoms with Crippen molar-refractivity contribution in [1.82, 2.24) is 14.7 Å². The number of carbonyl (C=O) groups is 1. The summed E-state index contributed by atoms with van der Waals surface area (Å²) in [5.41, 5.74) is 2.51. The predicted molar refractivity (Wildman–Crippen MR) is 112 cm³/mol. The Kier molecular flexibility index (Phi) is 8.99. The van der Waals surface area contributed by atoms with E-state index in [9.17, 15) is 4.79 Å². The maximum absolute atomic E-state index is 12.5. The SMILES string of the molecule is COCCN(CCOC)C(=O)/C=C/c1c(C)nn(Cc2ccc(Cl)cc2)c1Cl. The molecule has 0 fully saturated rings. The second-order valence-corrected chi connectivity index (χ2v) is 7.01. The van der Waals surface area contributed by atoms with E-state index in [2.05, 4.69) is 5.10 Å². The molecular formula is C20H25Cl2N3O3. The van der Waals surface area contributed by atoms with Crippen LogP contribution in [-0.4, -0.2) is 61.1 Å². The third-order valence-electron chi connectivity index (χ3n) is 4.19. The van der Waals surface area contributed by atoms with Gasteiger partial charge in [-0.15, -0.1) is 0 Å². The van der Waals surface area contributed by atoms with E-state index in [4.69, 9.17) is 32.7 Å². The van der Waals surface area contributed by atoms with Gasteiger partial charge in [-0.25, -0.2) is 4.68 Å². The Hall–Kier alpha value is -1.86. The normalized spacial score (nSPS) is 11.3. The number of aryl methyl sites for hydroxylation is 1. The first kappa shape index (κ1) is 22.4. The Morgan fingerprint density at radius 1 is 1.14 bits per heavy atom. The first-order chi connectivity index (χ1) is 13.5. The minimum absolute atomic E-state index is 0.130. The van der Waals surface area contributed by atoms with Crippen LogP contribution in [-0.2, 0) is 20.8 Å². The van der Waals surface area contributed by atoms with E-state index < -0.39 is 0 Å². The first-order valence-corrected chi connectivity index (χ1v) is 9.64. The molecule has 1 aromatic heterocycles. The molecule has 0 aliphatic heterocycles. The third kappa shape index (κ3) is 6.34. The smallest absolute Gasteiger partial charge is 0.246 e. The Bertz CT molecular complexity index is 796. The highest BCUT2D eigenvalue weighted by Crippen LogP contribution is 2.23. The molecule has 0 spiro atoms. The second kappa shape index (κ2) is 11.2. The number of halogens is 2. The molecule has 8 heteroatoms. The summed E-state index contributed by atoms with van der Waals surface area (Å²) in [6, 6.07) is 7.51. The summed E-state index contributed by atoms with van der Waals surface area (Å²) in [7, 11) is 3.21. The van der Waals surface area contributed by atoms with Crippen LogP contribution >= 0.6 is 23.2 Å². The largest absolute Gasteiger partial charge is 0.383 e. The van der Waals surface area contributed by atoms with Crippen molar-refractivity contribution >= 4 is 35.2 Å². The number of aromatic nitrogens is 2. The Morgan fingerprint density at radius 2 is 1.75 bits per heavy atom. The van der Waals surface area contributed by atoms with Crippen molar-refractivity contribution in [2.24, 2.45) is 0 Å². The molecule has 0 saturated carbocycles. The zero-order valence-electron chi connectivity index (χ0n) is 16.3. The van der Waals surface area contributed by atoms with E-state index in [1.807, 2.05) is 31.2 Å². The van der Waals surface area contributed by atoms with Gasteiger partial charge in [0.25, 0.3) is 0 Å². The molecule has 0 aliphatic carbocycles. The summed E-state index contributed by atoms with van der Waals surface area (Å²) in [5, 5.41) is 5.65. The number of benzene rings is 1. The second-order valence-electron chi connectivity index (χ2n) is 6.22. The molecular weight excluding hydrogens is 401 g/mol. The number of ether oxygens (including phenoxy) is 2. The zero-order chi connectivity index (χ0) is 20.5. The number of rotatable bonds is 10. The van der Waals surface area contributed by atoms with Crippen molar-refractivity contribution in [3.63, 3.8) is 0 Å². The molecule has 0 aliphatic rings. The lowest BCUT2D eigenvalue weighted by Crippen LogP contribution is -2.35. The van der Waals surface area contributed by atoms with Crippen molar-refractivity contribution in [2.75, 3.05) is 40.5 Å². The van der Waals surface area contributed by atoms with E-state index in [0.717, 1.165) is 16.8 Å². The monoisotopic (exact) mass is 425 g/mol. The van der Waals surface area contributed by atoms with Gasteiger partial charge in [-0.3, -0.25) is 4.79 Å². The highest BCUT2D eigenvalue weighted by molar-refractivity contribution is 6.31. The summed E-state index contributed by atoms with van der Waals surface area (Å²) >= 11 is 12.4. The molecule has 1 amide bonds. The van der Waals surface area contributed by atoms with Crippen molar-refractivity contribution in [1.29, 1.82) is 0 Å². The van der Waals surface area contributed by atoms with E-state index in [1.54, 1.807) is 29.9 Å². The minimum Gasteiger partial charge on any atom is -0.383 e. The maximum Gasteiger partial charge on any atom is 0.246 e. The Balaban J connectivity index is 2.12. The number of hydrogen-bond acceptors (Lipinski definition) is 4. The van der Waals surface area contributed by atoms with Gasteiger partial charge in [-0.2, -0.15) is 5.10 Å². The molecule has 2 aromatic rings. The van der Waals surface area contributed by atoms with Crippen LogP contribution < -0.4 is 0 Å². The molecule has 0 radical (unpaired) electrons. The highest BCUT2D eigenvalue weighted by Gasteiger charge is 2.14. The number of hydrogen-bond donors (Lipinski definition) is 0. The number of carbonyl (C=O) groups excluding carboxylic acids is 1. The van der Waals surface area contributed by atoms with E-state index >= 15 is 0 Å². The van der Waals surface area contributed by atoms with Crippen LogP contribution in [0.2, 0.25) is 10.2 Å². The average Bonchev–Trinajstić information content (AvgIpc) is 2.94. The van der Waals surface area contributed by atoms with Gasteiger partial charge < -0.3 is 14.4 Å². The maximum atomic E-state index is 12.5. The molecule has 152 valence electrons. The number of methoxy groups -OCH3 is 2. The molecule has 0 atom stereocenters. The average molecular weight is 426 g/mol. The van der Waals surface area contributed by atoms with Crippen LogP contribution in [0.3, 0.4) is 0 Å². The van der Waals surface area contributed by atoms with Crippen LogP contribution in [0.25, 0.3) is 6.08 Å². The number of nitrogens with zero attached hydrogens (tertiary/aromatic N) is 3. The molecule has 0 bridgehead atoms. The van der Waals surface area contributed by atoms with Gasteiger partial charge in [-0.1, -0.05) is 35.3 Å². The molecule has 1 heterocycles. The molecule has 0 unspecified atom stereocenters. The fourth-order valence-electron chi connectivity index (χ4n) is 2.62. The van der Waals surface area contributed by atoms with Gasteiger partial charge >= 0.3 is 0 Å². The first-order valence-electron chi connectivity index (χ1n) is 8.88. The fourth-order valence-corrected chi connectivity index (χ4v) is 3.04. The molecule has 0 N–H and O–H groups in total. The lowest BCUT2D eigenvalue weighted by atomic mass is 10.2. The summed E-state index contributed by atoms with van der Waals surface area (Å²) in [5.74, 6) is -0.130. The quantitative estimate of drug-likeness (QED) is 0.544. The van der Waals surface area contributed by atoms with Crippen molar-refractivity contribution in [3.8, 4) is 0 Å². The fraction of sp³-hybridized carbons (Fsp3) is 0.400. The van der Waals surface area contributed by atoms with Crippen molar-refractivity contribution in [3.05, 3.63) is 57.3 Å². The summed E-state index contributed by atoms with van der Waals surface area (Å²) < 4.78 is 11.8. The molecule has 6 nitrogen and oxygen atoms in total. The van der Waals surface area contributed by atoms with Crippen LogP contribution in [0.4, 0.5) is 0 Å². The Labute approximate surface area is 175 Å². The molecule has 28 heavy (non-hydrogen) atoms. The zero-order valence-corrected chi connectivity index (χ0v) is 17.8. The van der Waals surface area contributed by atoms with E-state index in [-0.39, 0.29) is 5.91 Å². The molecule has 2 rings (SSSR count). The van der Waals surface area contributed by atoms with Gasteiger partial charge in [0.1, 0.15) is 5.15 Å². The molecule has 0 saturated heterocycles. The lowest BCUT2D eigenvalue weighted by molar-refractivity contribution is -0.127. The number of amides is 1. The predicted octanol–water partition coefficient (Wildman–Crippen LogP) is 3.68. The van der Waals surface area contributed by atoms with Gasteiger partial charge in [0.05, 0.1) is 25.5 Å². The van der Waals surface area contributed by atoms with Crippen LogP contribution in [0.15, 0.2) is 30.3 Å². The van der Waals surface area contributed by atoms with Gasteiger partial charge in [0.2, 0.25) is 5.91 Å². The van der Waals surface area contributed by atoms with Crippen LogP contribution in [0.5, 0.6) is 0 Å². The van der Waals surface area contributed by atoms with Crippen LogP contribution in [0.1, 0.15) is 16.8 Å². The lowest BCUT2D eigenvalue weighted by Gasteiger charge is -2.20. The van der Waals surface area contributed by atoms with Crippen molar-refractivity contribution < 1.29 is 14.3 Å².